The van der Waals surface area contributed by atoms with Crippen molar-refractivity contribution in [2.75, 3.05) is 11.5 Å². The van der Waals surface area contributed by atoms with E-state index in [0.29, 0.717) is 22.9 Å². The third-order valence-corrected chi connectivity index (χ3v) is 3.58. The minimum absolute atomic E-state index is 0.268. The first kappa shape index (κ1) is 12.2. The molecule has 1 aromatic carbocycles. The van der Waals surface area contributed by atoms with Crippen molar-refractivity contribution in [2.45, 2.75) is 19.6 Å². The molecule has 0 aliphatic rings. The molecule has 0 saturated carbocycles. The van der Waals surface area contributed by atoms with Crippen LogP contribution in [0, 0.1) is 11.7 Å². The molecule has 84 valence electrons. The summed E-state index contributed by atoms with van der Waals surface area (Å²) in [5, 5.41) is 0. The predicted octanol–water partition coefficient (Wildman–Crippen LogP) is 2.31. The van der Waals surface area contributed by atoms with Gasteiger partial charge in [-0.2, -0.15) is 0 Å². The Balaban J connectivity index is 2.68. The van der Waals surface area contributed by atoms with Gasteiger partial charge in [0.15, 0.2) is 0 Å². The molecule has 1 rings (SSSR count). The molecule has 15 heavy (non-hydrogen) atoms. The smallest absolute Gasteiger partial charge is 0.129 e. The molecule has 0 aliphatic heterocycles. The topological polar surface area (TPSA) is 43.1 Å². The zero-order chi connectivity index (χ0) is 11.4. The normalized spacial score (nSPS) is 13.1. The van der Waals surface area contributed by atoms with Gasteiger partial charge in [0.25, 0.3) is 0 Å². The first-order valence-electron chi connectivity index (χ1n) is 4.88. The van der Waals surface area contributed by atoms with E-state index in [1.165, 1.54) is 6.07 Å². The molecule has 0 aliphatic carbocycles. The van der Waals surface area contributed by atoms with Gasteiger partial charge in [0, 0.05) is 27.8 Å². The van der Waals surface area contributed by atoms with Gasteiger partial charge in [0.05, 0.1) is 5.75 Å². The molecule has 1 atom stereocenters. The number of halogens is 1. The van der Waals surface area contributed by atoms with Crippen LogP contribution in [0.25, 0.3) is 0 Å². The Morgan fingerprint density at radius 2 is 2.13 bits per heavy atom. The van der Waals surface area contributed by atoms with Gasteiger partial charge < -0.3 is 5.73 Å². The molecule has 4 heteroatoms. The van der Waals surface area contributed by atoms with Crippen molar-refractivity contribution in [3.05, 3.63) is 29.6 Å². The molecule has 2 N–H and O–H groups in total. The van der Waals surface area contributed by atoms with Crippen LogP contribution in [0.5, 0.6) is 0 Å². The summed E-state index contributed by atoms with van der Waals surface area (Å²) in [6, 6.07) is 4.50. The molecule has 0 amide bonds. The van der Waals surface area contributed by atoms with Crippen molar-refractivity contribution < 1.29 is 8.60 Å². The Labute approximate surface area is 92.1 Å². The number of nitrogens with two attached hydrogens (primary N) is 1. The Hall–Kier alpha value is -0.900. The molecule has 2 nitrogen and oxygen atoms in total. The SMILES string of the molecule is CC(C)CS(=O)Cc1ccc(N)cc1F. The maximum absolute atomic E-state index is 13.3. The summed E-state index contributed by atoms with van der Waals surface area (Å²) >= 11 is 0. The van der Waals surface area contributed by atoms with Crippen LogP contribution in [0.2, 0.25) is 0 Å². The fourth-order valence-electron chi connectivity index (χ4n) is 1.28. The number of hydrogen-bond donors (Lipinski definition) is 1. The third kappa shape index (κ3) is 4.00. The van der Waals surface area contributed by atoms with Gasteiger partial charge >= 0.3 is 0 Å². The minimum Gasteiger partial charge on any atom is -0.399 e. The highest BCUT2D eigenvalue weighted by Gasteiger charge is 2.08. The van der Waals surface area contributed by atoms with E-state index in [1.807, 2.05) is 13.8 Å². The molecule has 0 aromatic heterocycles. The van der Waals surface area contributed by atoms with Gasteiger partial charge in [-0.1, -0.05) is 19.9 Å². The highest BCUT2D eigenvalue weighted by atomic mass is 32.2. The van der Waals surface area contributed by atoms with Gasteiger partial charge in [0.2, 0.25) is 0 Å². The Morgan fingerprint density at radius 3 is 2.67 bits per heavy atom. The zero-order valence-corrected chi connectivity index (χ0v) is 9.81. The fourth-order valence-corrected chi connectivity index (χ4v) is 2.73. The summed E-state index contributed by atoms with van der Waals surface area (Å²) in [6.45, 7) is 3.99. The van der Waals surface area contributed by atoms with E-state index in [0.717, 1.165) is 0 Å². The fraction of sp³-hybridized carbons (Fsp3) is 0.455. The first-order chi connectivity index (χ1) is 6.99. The Kier molecular flexibility index (Phi) is 4.27. The van der Waals surface area contributed by atoms with Crippen molar-refractivity contribution in [3.8, 4) is 0 Å². The molecule has 0 spiro atoms. The lowest BCUT2D eigenvalue weighted by Crippen LogP contribution is -2.07. The van der Waals surface area contributed by atoms with Crippen molar-refractivity contribution in [3.63, 3.8) is 0 Å². The van der Waals surface area contributed by atoms with Gasteiger partial charge in [-0.25, -0.2) is 4.39 Å². The van der Waals surface area contributed by atoms with E-state index in [1.54, 1.807) is 12.1 Å². The number of rotatable bonds is 4. The van der Waals surface area contributed by atoms with Gasteiger partial charge in [-0.3, -0.25) is 4.21 Å². The van der Waals surface area contributed by atoms with Gasteiger partial charge in [-0.05, 0) is 18.1 Å². The average Bonchev–Trinajstić information content (AvgIpc) is 2.08. The monoisotopic (exact) mass is 229 g/mol. The average molecular weight is 229 g/mol. The quantitative estimate of drug-likeness (QED) is 0.805. The maximum atomic E-state index is 13.3. The van der Waals surface area contributed by atoms with E-state index in [9.17, 15) is 8.60 Å². The predicted molar refractivity (Wildman–Crippen MR) is 62.4 cm³/mol. The van der Waals surface area contributed by atoms with E-state index >= 15 is 0 Å². The largest absolute Gasteiger partial charge is 0.399 e. The Bertz CT molecular complexity index is 366. The molecular weight excluding hydrogens is 213 g/mol. The number of nitrogen functional groups attached to an aromatic ring is 1. The standard InChI is InChI=1S/C11H16FNOS/c1-8(2)6-15(14)7-9-3-4-10(13)5-11(9)12/h3-5,8H,6-7,13H2,1-2H3. The van der Waals surface area contributed by atoms with Crippen LogP contribution in [0.15, 0.2) is 18.2 Å². The number of anilines is 1. The second-order valence-electron chi connectivity index (χ2n) is 4.00. The van der Waals surface area contributed by atoms with Crippen LogP contribution >= 0.6 is 0 Å². The van der Waals surface area contributed by atoms with Crippen molar-refractivity contribution in [1.29, 1.82) is 0 Å². The summed E-state index contributed by atoms with van der Waals surface area (Å²) in [6.07, 6.45) is 0. The molecular formula is C11H16FNOS. The van der Waals surface area contributed by atoms with Crippen LogP contribution in [-0.4, -0.2) is 9.96 Å². The third-order valence-electron chi connectivity index (χ3n) is 1.91. The van der Waals surface area contributed by atoms with Crippen LogP contribution in [-0.2, 0) is 16.6 Å². The lowest BCUT2D eigenvalue weighted by molar-refractivity contribution is 0.615. The lowest BCUT2D eigenvalue weighted by atomic mass is 10.2. The lowest BCUT2D eigenvalue weighted by Gasteiger charge is -2.06. The maximum Gasteiger partial charge on any atom is 0.129 e. The summed E-state index contributed by atoms with van der Waals surface area (Å²) in [7, 11) is -0.999. The number of hydrogen-bond acceptors (Lipinski definition) is 2. The van der Waals surface area contributed by atoms with Gasteiger partial charge in [-0.15, -0.1) is 0 Å². The van der Waals surface area contributed by atoms with Crippen LogP contribution in [0.3, 0.4) is 0 Å². The van der Waals surface area contributed by atoms with E-state index < -0.39 is 10.8 Å². The van der Waals surface area contributed by atoms with Gasteiger partial charge in [0.1, 0.15) is 5.82 Å². The molecule has 0 bridgehead atoms. The highest BCUT2D eigenvalue weighted by molar-refractivity contribution is 7.84. The zero-order valence-electron chi connectivity index (χ0n) is 9.00. The van der Waals surface area contributed by atoms with Crippen LogP contribution in [0.4, 0.5) is 10.1 Å². The van der Waals surface area contributed by atoms with Crippen LogP contribution < -0.4 is 5.73 Å². The molecule has 0 saturated heterocycles. The van der Waals surface area contributed by atoms with E-state index in [4.69, 9.17) is 5.73 Å². The second kappa shape index (κ2) is 5.26. The molecule has 1 aromatic rings. The molecule has 0 radical (unpaired) electrons. The van der Waals surface area contributed by atoms with E-state index in [-0.39, 0.29) is 11.6 Å². The second-order valence-corrected chi connectivity index (χ2v) is 5.50. The summed E-state index contributed by atoms with van der Waals surface area (Å²) in [5.41, 5.74) is 6.29. The van der Waals surface area contributed by atoms with E-state index in [2.05, 4.69) is 0 Å². The number of benzene rings is 1. The highest BCUT2D eigenvalue weighted by Crippen LogP contribution is 2.14. The molecule has 1 unspecified atom stereocenters. The summed E-state index contributed by atoms with van der Waals surface area (Å²) in [5.74, 6) is 0.864. The summed E-state index contributed by atoms with van der Waals surface area (Å²) < 4.78 is 24.9. The van der Waals surface area contributed by atoms with Crippen molar-refractivity contribution in [1.82, 2.24) is 0 Å². The van der Waals surface area contributed by atoms with Crippen LogP contribution in [0.1, 0.15) is 19.4 Å². The van der Waals surface area contributed by atoms with Crippen molar-refractivity contribution >= 4 is 16.5 Å². The summed E-state index contributed by atoms with van der Waals surface area (Å²) in [4.78, 5) is 0. The molecule has 0 heterocycles. The first-order valence-corrected chi connectivity index (χ1v) is 6.36. The Morgan fingerprint density at radius 1 is 1.47 bits per heavy atom. The van der Waals surface area contributed by atoms with Crippen molar-refractivity contribution in [2.24, 2.45) is 5.92 Å². The minimum atomic E-state index is -0.999. The molecule has 0 fully saturated rings.